The third-order valence-corrected chi connectivity index (χ3v) is 1.63. The molecule has 0 saturated carbocycles. The van der Waals surface area contributed by atoms with Gasteiger partial charge >= 0.3 is 0 Å². The minimum absolute atomic E-state index is 0.0814. The van der Waals surface area contributed by atoms with Gasteiger partial charge in [0.15, 0.2) is 0 Å². The van der Waals surface area contributed by atoms with Crippen molar-refractivity contribution < 1.29 is 0 Å². The number of nitrogens with two attached hydrogens (primary N) is 2. The minimum Gasteiger partial charge on any atom is -0.402 e. The lowest BCUT2D eigenvalue weighted by atomic mass is 9.91. The van der Waals surface area contributed by atoms with Crippen molar-refractivity contribution in [2.45, 2.75) is 12.0 Å². The SMILES string of the molecule is NC1=CC=CC(N)(CN=O)C1. The Labute approximate surface area is 64.9 Å². The van der Waals surface area contributed by atoms with E-state index in [1.165, 1.54) is 0 Å². The summed E-state index contributed by atoms with van der Waals surface area (Å²) in [6.45, 7) is 0.0814. The first kappa shape index (κ1) is 7.94. The molecule has 1 atom stereocenters. The van der Waals surface area contributed by atoms with Gasteiger partial charge < -0.3 is 11.5 Å². The molecule has 1 rings (SSSR count). The second-order valence-electron chi connectivity index (χ2n) is 2.80. The van der Waals surface area contributed by atoms with E-state index in [1.54, 1.807) is 18.2 Å². The largest absolute Gasteiger partial charge is 0.402 e. The monoisotopic (exact) mass is 153 g/mol. The first-order chi connectivity index (χ1) is 5.16. The quantitative estimate of drug-likeness (QED) is 0.558. The molecule has 1 unspecified atom stereocenters. The van der Waals surface area contributed by atoms with Gasteiger partial charge in [0.25, 0.3) is 0 Å². The van der Waals surface area contributed by atoms with E-state index in [1.807, 2.05) is 0 Å². The molecule has 0 aromatic carbocycles. The third-order valence-electron chi connectivity index (χ3n) is 1.63. The first-order valence-corrected chi connectivity index (χ1v) is 3.38. The average molecular weight is 153 g/mol. The predicted molar refractivity (Wildman–Crippen MR) is 43.6 cm³/mol. The number of hydrogen-bond donors (Lipinski definition) is 2. The molecule has 0 saturated heterocycles. The van der Waals surface area contributed by atoms with E-state index in [0.29, 0.717) is 12.1 Å². The molecule has 1 aliphatic carbocycles. The summed E-state index contributed by atoms with van der Waals surface area (Å²) in [4.78, 5) is 9.96. The van der Waals surface area contributed by atoms with Gasteiger partial charge in [0.2, 0.25) is 0 Å². The van der Waals surface area contributed by atoms with Gasteiger partial charge in [0.1, 0.15) is 6.54 Å². The van der Waals surface area contributed by atoms with Crippen molar-refractivity contribution in [2.75, 3.05) is 6.54 Å². The molecule has 4 N–H and O–H groups in total. The molecule has 0 radical (unpaired) electrons. The summed E-state index contributed by atoms with van der Waals surface area (Å²) in [5, 5.41) is 2.76. The molecule has 0 spiro atoms. The predicted octanol–water partition coefficient (Wildman–Crippen LogP) is 0.253. The Hall–Kier alpha value is -1.16. The highest BCUT2D eigenvalue weighted by molar-refractivity contribution is 5.25. The molecule has 0 amide bonds. The summed E-state index contributed by atoms with van der Waals surface area (Å²) in [6, 6.07) is 0. The molecule has 11 heavy (non-hydrogen) atoms. The average Bonchev–Trinajstić information content (AvgIpc) is 1.86. The molecule has 0 aliphatic heterocycles. The van der Waals surface area contributed by atoms with Crippen molar-refractivity contribution >= 4 is 0 Å². The zero-order valence-corrected chi connectivity index (χ0v) is 6.16. The number of nitrogens with zero attached hydrogens (tertiary/aromatic N) is 1. The normalized spacial score (nSPS) is 29.7. The molecule has 60 valence electrons. The Morgan fingerprint density at radius 3 is 3.00 bits per heavy atom. The van der Waals surface area contributed by atoms with E-state index in [-0.39, 0.29) is 6.54 Å². The van der Waals surface area contributed by atoms with Crippen molar-refractivity contribution in [2.24, 2.45) is 16.6 Å². The lowest BCUT2D eigenvalue weighted by Gasteiger charge is -2.24. The molecule has 4 heteroatoms. The summed E-state index contributed by atoms with van der Waals surface area (Å²) < 4.78 is 0. The zero-order chi connectivity index (χ0) is 8.32. The van der Waals surface area contributed by atoms with E-state index >= 15 is 0 Å². The standard InChI is InChI=1S/C7H11N3O/c8-6-2-1-3-7(9,4-6)5-10-11/h1-3H,4-5,8-9H2. The fraction of sp³-hybridized carbons (Fsp3) is 0.429. The Morgan fingerprint density at radius 1 is 1.73 bits per heavy atom. The molecule has 1 aliphatic rings. The van der Waals surface area contributed by atoms with Crippen molar-refractivity contribution in [3.8, 4) is 0 Å². The van der Waals surface area contributed by atoms with Crippen LogP contribution in [0.25, 0.3) is 0 Å². The van der Waals surface area contributed by atoms with Crippen LogP contribution in [0.3, 0.4) is 0 Å². The van der Waals surface area contributed by atoms with Crippen molar-refractivity contribution in [3.63, 3.8) is 0 Å². The van der Waals surface area contributed by atoms with E-state index in [9.17, 15) is 4.91 Å². The van der Waals surface area contributed by atoms with Crippen LogP contribution >= 0.6 is 0 Å². The van der Waals surface area contributed by atoms with Gasteiger partial charge in [0, 0.05) is 12.1 Å². The van der Waals surface area contributed by atoms with Crippen LogP contribution in [0.5, 0.6) is 0 Å². The van der Waals surface area contributed by atoms with Crippen molar-refractivity contribution in [1.82, 2.24) is 0 Å². The van der Waals surface area contributed by atoms with E-state index in [0.717, 1.165) is 0 Å². The van der Waals surface area contributed by atoms with Crippen LogP contribution in [0.1, 0.15) is 6.42 Å². The van der Waals surface area contributed by atoms with Gasteiger partial charge in [-0.1, -0.05) is 17.3 Å². The van der Waals surface area contributed by atoms with Gasteiger partial charge in [-0.05, 0) is 6.08 Å². The smallest absolute Gasteiger partial charge is 0.103 e. The van der Waals surface area contributed by atoms with Gasteiger partial charge in [-0.15, -0.1) is 0 Å². The molecule has 0 aromatic rings. The molecule has 4 nitrogen and oxygen atoms in total. The minimum atomic E-state index is -0.652. The number of rotatable bonds is 2. The maximum Gasteiger partial charge on any atom is 0.103 e. The first-order valence-electron chi connectivity index (χ1n) is 3.38. The molecule has 0 bridgehead atoms. The van der Waals surface area contributed by atoms with Crippen molar-refractivity contribution in [1.29, 1.82) is 0 Å². The van der Waals surface area contributed by atoms with E-state index in [2.05, 4.69) is 5.18 Å². The van der Waals surface area contributed by atoms with Crippen LogP contribution in [0, 0.1) is 4.91 Å². The Balaban J connectivity index is 2.69. The van der Waals surface area contributed by atoms with Crippen molar-refractivity contribution in [3.05, 3.63) is 28.8 Å². The van der Waals surface area contributed by atoms with Crippen LogP contribution in [-0.2, 0) is 0 Å². The van der Waals surface area contributed by atoms with Crippen LogP contribution in [0.15, 0.2) is 29.1 Å². The second kappa shape index (κ2) is 2.84. The molecular weight excluding hydrogens is 142 g/mol. The van der Waals surface area contributed by atoms with Gasteiger partial charge in [-0.25, -0.2) is 0 Å². The fourth-order valence-corrected chi connectivity index (χ4v) is 1.09. The van der Waals surface area contributed by atoms with E-state index in [4.69, 9.17) is 11.5 Å². The van der Waals surface area contributed by atoms with E-state index < -0.39 is 5.54 Å². The molecular formula is C7H11N3O. The molecule has 0 fully saturated rings. The van der Waals surface area contributed by atoms with Gasteiger partial charge in [-0.2, -0.15) is 4.91 Å². The summed E-state index contributed by atoms with van der Waals surface area (Å²) in [7, 11) is 0. The fourth-order valence-electron chi connectivity index (χ4n) is 1.09. The Kier molecular flexibility index (Phi) is 2.05. The Morgan fingerprint density at radius 2 is 2.45 bits per heavy atom. The molecule has 0 aromatic heterocycles. The summed E-state index contributed by atoms with van der Waals surface area (Å²) in [5.74, 6) is 0. The molecule has 0 heterocycles. The van der Waals surface area contributed by atoms with Crippen LogP contribution < -0.4 is 11.5 Å². The highest BCUT2D eigenvalue weighted by Crippen LogP contribution is 2.17. The van der Waals surface area contributed by atoms with Crippen LogP contribution in [-0.4, -0.2) is 12.1 Å². The maximum absolute atomic E-state index is 9.96. The van der Waals surface area contributed by atoms with Gasteiger partial charge in [0.05, 0.1) is 5.54 Å². The van der Waals surface area contributed by atoms with Crippen LogP contribution in [0.4, 0.5) is 0 Å². The highest BCUT2D eigenvalue weighted by atomic mass is 16.3. The zero-order valence-electron chi connectivity index (χ0n) is 6.16. The maximum atomic E-state index is 9.96. The number of nitroso groups, excluding NO2 is 1. The lowest BCUT2D eigenvalue weighted by Crippen LogP contribution is -2.43. The van der Waals surface area contributed by atoms with Crippen LogP contribution in [0.2, 0.25) is 0 Å². The third kappa shape index (κ3) is 1.88. The summed E-state index contributed by atoms with van der Waals surface area (Å²) in [6.07, 6.45) is 5.79. The van der Waals surface area contributed by atoms with Gasteiger partial charge in [-0.3, -0.25) is 0 Å². The summed E-state index contributed by atoms with van der Waals surface area (Å²) >= 11 is 0. The topological polar surface area (TPSA) is 81.5 Å². The number of allylic oxidation sites excluding steroid dienone is 2. The Bertz CT molecular complexity index is 222. The lowest BCUT2D eigenvalue weighted by molar-refractivity contribution is 0.526. The highest BCUT2D eigenvalue weighted by Gasteiger charge is 2.24. The second-order valence-corrected chi connectivity index (χ2v) is 2.80. The number of hydrogen-bond acceptors (Lipinski definition) is 4. The summed E-state index contributed by atoms with van der Waals surface area (Å²) in [5.41, 5.74) is 11.3.